The first kappa shape index (κ1) is 20.6. The summed E-state index contributed by atoms with van der Waals surface area (Å²) in [5.74, 6) is 0.234. The van der Waals surface area contributed by atoms with Crippen LogP contribution >= 0.6 is 0 Å². The molecular formula is C19H20N4O5S. The first-order valence-corrected chi connectivity index (χ1v) is 10.3. The Morgan fingerprint density at radius 3 is 2.76 bits per heavy atom. The second-order valence-electron chi connectivity index (χ2n) is 6.45. The summed E-state index contributed by atoms with van der Waals surface area (Å²) in [6.07, 6.45) is 4.18. The van der Waals surface area contributed by atoms with Crippen LogP contribution in [0.4, 0.5) is 0 Å². The van der Waals surface area contributed by atoms with E-state index < -0.39 is 16.0 Å². The van der Waals surface area contributed by atoms with E-state index >= 15 is 0 Å². The number of esters is 1. The molecular weight excluding hydrogens is 396 g/mol. The highest BCUT2D eigenvalue weighted by Gasteiger charge is 2.18. The molecule has 0 aliphatic heterocycles. The van der Waals surface area contributed by atoms with Gasteiger partial charge in [0.2, 0.25) is 21.7 Å². The van der Waals surface area contributed by atoms with E-state index in [-0.39, 0.29) is 17.1 Å². The van der Waals surface area contributed by atoms with Gasteiger partial charge >= 0.3 is 5.97 Å². The summed E-state index contributed by atoms with van der Waals surface area (Å²) in [6, 6.07) is 6.41. The molecule has 10 heteroatoms. The lowest BCUT2D eigenvalue weighted by atomic mass is 10.1. The Labute approximate surface area is 168 Å². The first-order chi connectivity index (χ1) is 13.8. The lowest BCUT2D eigenvalue weighted by Crippen LogP contribution is -2.16. The number of nitrogens with two attached hydrogens (primary N) is 1. The van der Waals surface area contributed by atoms with Gasteiger partial charge in [0, 0.05) is 24.4 Å². The molecule has 0 radical (unpaired) electrons. The highest BCUT2D eigenvalue weighted by atomic mass is 32.2. The Morgan fingerprint density at radius 1 is 1.28 bits per heavy atom. The number of rotatable bonds is 7. The highest BCUT2D eigenvalue weighted by Crippen LogP contribution is 2.21. The Bertz CT molecular complexity index is 1130. The number of hydrogen-bond donors (Lipinski definition) is 1. The molecule has 1 aromatic carbocycles. The van der Waals surface area contributed by atoms with Gasteiger partial charge in [0.05, 0.1) is 17.1 Å². The largest absolute Gasteiger partial charge is 0.462 e. The maximum absolute atomic E-state index is 12.3. The Kier molecular flexibility index (Phi) is 6.04. The Balaban J connectivity index is 1.57. The summed E-state index contributed by atoms with van der Waals surface area (Å²) in [7, 11) is -3.93. The average Bonchev–Trinajstić information content (AvgIpc) is 3.16. The van der Waals surface area contributed by atoms with Crippen molar-refractivity contribution in [2.45, 2.75) is 31.6 Å². The summed E-state index contributed by atoms with van der Waals surface area (Å²) < 4.78 is 33.8. The summed E-state index contributed by atoms with van der Waals surface area (Å²) in [6.45, 7) is 3.45. The third-order valence-electron chi connectivity index (χ3n) is 4.32. The predicted molar refractivity (Wildman–Crippen MR) is 103 cm³/mol. The number of benzene rings is 1. The van der Waals surface area contributed by atoms with E-state index in [0.29, 0.717) is 35.7 Å². The quantitative estimate of drug-likeness (QED) is 0.457. The minimum absolute atomic E-state index is 0.0850. The molecule has 2 aromatic heterocycles. The number of carbonyl (C=O) groups excluding carboxylic acids is 1. The third kappa shape index (κ3) is 5.04. The van der Waals surface area contributed by atoms with Crippen LogP contribution in [-0.4, -0.2) is 36.1 Å². The number of nitrogens with zero attached hydrogens (tertiary/aromatic N) is 3. The van der Waals surface area contributed by atoms with Gasteiger partial charge in [-0.05, 0) is 55.7 Å². The van der Waals surface area contributed by atoms with Crippen molar-refractivity contribution < 1.29 is 22.5 Å². The van der Waals surface area contributed by atoms with Gasteiger partial charge in [-0.1, -0.05) is 5.16 Å². The molecule has 2 heterocycles. The summed E-state index contributed by atoms with van der Waals surface area (Å²) in [5.41, 5.74) is 2.02. The number of carbonyl (C=O) groups is 1. The summed E-state index contributed by atoms with van der Waals surface area (Å²) >= 11 is 0. The van der Waals surface area contributed by atoms with Crippen molar-refractivity contribution in [1.29, 1.82) is 0 Å². The number of ether oxygens (including phenoxy) is 1. The van der Waals surface area contributed by atoms with E-state index in [2.05, 4.69) is 15.1 Å². The number of aryl methyl sites for hydroxylation is 2. The minimum atomic E-state index is -3.93. The van der Waals surface area contributed by atoms with Crippen molar-refractivity contribution in [3.63, 3.8) is 0 Å². The van der Waals surface area contributed by atoms with Crippen LogP contribution in [0.25, 0.3) is 11.4 Å². The van der Waals surface area contributed by atoms with Crippen LogP contribution in [0.5, 0.6) is 0 Å². The number of primary sulfonamides is 1. The highest BCUT2D eigenvalue weighted by molar-refractivity contribution is 7.89. The molecule has 152 valence electrons. The van der Waals surface area contributed by atoms with E-state index in [0.717, 1.165) is 5.56 Å². The van der Waals surface area contributed by atoms with Crippen molar-refractivity contribution in [3.8, 4) is 11.4 Å². The Hall–Kier alpha value is -3.11. The number of sulfonamides is 1. The van der Waals surface area contributed by atoms with Crippen molar-refractivity contribution in [2.24, 2.45) is 5.14 Å². The van der Waals surface area contributed by atoms with E-state index in [4.69, 9.17) is 14.4 Å². The maximum atomic E-state index is 12.3. The lowest BCUT2D eigenvalue weighted by Gasteiger charge is -2.10. The van der Waals surface area contributed by atoms with Crippen LogP contribution in [0.3, 0.4) is 0 Å². The van der Waals surface area contributed by atoms with Crippen LogP contribution < -0.4 is 5.14 Å². The minimum Gasteiger partial charge on any atom is -0.462 e. The molecule has 0 spiro atoms. The molecule has 2 N–H and O–H groups in total. The zero-order chi connectivity index (χ0) is 21.0. The van der Waals surface area contributed by atoms with Gasteiger partial charge in [-0.15, -0.1) is 0 Å². The number of hydrogen-bond acceptors (Lipinski definition) is 8. The van der Waals surface area contributed by atoms with Crippen LogP contribution in [0.2, 0.25) is 0 Å². The van der Waals surface area contributed by atoms with Crippen LogP contribution in [-0.2, 0) is 21.2 Å². The molecule has 0 unspecified atom stereocenters. The standard InChI is InChI=1S/C19H20N4O5S/c1-12-9-15(10-16(13(12)2)29(20,25)26)19(24)27-8-4-6-17-22-18(23-28-17)14-5-3-7-21-11-14/h3,5,7,9-11H,4,6,8H2,1-2H3,(H2,20,25,26). The monoisotopic (exact) mass is 416 g/mol. The Morgan fingerprint density at radius 2 is 2.07 bits per heavy atom. The van der Waals surface area contributed by atoms with Gasteiger partial charge < -0.3 is 9.26 Å². The molecule has 0 saturated carbocycles. The normalized spacial score (nSPS) is 11.4. The molecule has 0 saturated heterocycles. The maximum Gasteiger partial charge on any atom is 0.338 e. The van der Waals surface area contributed by atoms with Gasteiger partial charge in [-0.25, -0.2) is 18.4 Å². The van der Waals surface area contributed by atoms with Crippen molar-refractivity contribution >= 4 is 16.0 Å². The van der Waals surface area contributed by atoms with Gasteiger partial charge in [-0.2, -0.15) is 4.98 Å². The molecule has 0 atom stereocenters. The topological polar surface area (TPSA) is 138 Å². The molecule has 29 heavy (non-hydrogen) atoms. The zero-order valence-corrected chi connectivity index (χ0v) is 16.8. The van der Waals surface area contributed by atoms with Gasteiger partial charge in [-0.3, -0.25) is 4.98 Å². The smallest absolute Gasteiger partial charge is 0.338 e. The van der Waals surface area contributed by atoms with Crippen LogP contribution in [0, 0.1) is 13.8 Å². The molecule has 0 amide bonds. The van der Waals surface area contributed by atoms with Gasteiger partial charge in [0.15, 0.2) is 0 Å². The van der Waals surface area contributed by atoms with E-state index in [9.17, 15) is 13.2 Å². The second-order valence-corrected chi connectivity index (χ2v) is 7.98. The molecule has 0 fully saturated rings. The number of aromatic nitrogens is 3. The molecule has 0 bridgehead atoms. The molecule has 3 rings (SSSR count). The van der Waals surface area contributed by atoms with E-state index in [1.807, 2.05) is 6.07 Å². The SMILES string of the molecule is Cc1cc(C(=O)OCCCc2nc(-c3cccnc3)no2)cc(S(N)(=O)=O)c1C. The molecule has 0 aliphatic carbocycles. The first-order valence-electron chi connectivity index (χ1n) is 8.80. The number of pyridine rings is 1. The van der Waals surface area contributed by atoms with Gasteiger partial charge in [0.25, 0.3) is 0 Å². The van der Waals surface area contributed by atoms with Crippen molar-refractivity contribution in [1.82, 2.24) is 15.1 Å². The fourth-order valence-corrected chi connectivity index (χ4v) is 3.56. The van der Waals surface area contributed by atoms with Gasteiger partial charge in [0.1, 0.15) is 0 Å². The second kappa shape index (κ2) is 8.50. The van der Waals surface area contributed by atoms with E-state index in [1.165, 1.54) is 6.07 Å². The van der Waals surface area contributed by atoms with Crippen LogP contribution in [0.1, 0.15) is 33.8 Å². The van der Waals surface area contributed by atoms with E-state index in [1.54, 1.807) is 38.4 Å². The lowest BCUT2D eigenvalue weighted by molar-refractivity contribution is 0.0498. The fraction of sp³-hybridized carbons (Fsp3) is 0.263. The fourth-order valence-electron chi connectivity index (χ4n) is 2.68. The third-order valence-corrected chi connectivity index (χ3v) is 5.35. The summed E-state index contributed by atoms with van der Waals surface area (Å²) in [5, 5.41) is 9.11. The molecule has 9 nitrogen and oxygen atoms in total. The zero-order valence-electron chi connectivity index (χ0n) is 16.0. The van der Waals surface area contributed by atoms with Crippen LogP contribution in [0.15, 0.2) is 46.1 Å². The molecule has 0 aliphatic rings. The average molecular weight is 416 g/mol. The van der Waals surface area contributed by atoms with Crippen molar-refractivity contribution in [3.05, 3.63) is 59.2 Å². The molecule has 3 aromatic rings. The summed E-state index contributed by atoms with van der Waals surface area (Å²) in [4.78, 5) is 20.5. The predicted octanol–water partition coefficient (Wildman–Crippen LogP) is 2.19. The van der Waals surface area contributed by atoms with Crippen molar-refractivity contribution in [2.75, 3.05) is 6.61 Å².